The number of morpholine rings is 1. The van der Waals surface area contributed by atoms with Gasteiger partial charge < -0.3 is 20.5 Å². The van der Waals surface area contributed by atoms with Gasteiger partial charge in [-0.25, -0.2) is 0 Å². The molecule has 0 saturated carbocycles. The van der Waals surface area contributed by atoms with Crippen LogP contribution in [0.4, 0.5) is 0 Å². The molecule has 2 atom stereocenters. The highest BCUT2D eigenvalue weighted by Gasteiger charge is 2.16. The first-order chi connectivity index (χ1) is 14.7. The van der Waals surface area contributed by atoms with Gasteiger partial charge in [0.15, 0.2) is 5.96 Å². The minimum absolute atomic E-state index is 0. The van der Waals surface area contributed by atoms with Crippen LogP contribution in [0.1, 0.15) is 29.5 Å². The fraction of sp³-hybridized carbons (Fsp3) is 0.458. The van der Waals surface area contributed by atoms with Crippen LogP contribution in [0.2, 0.25) is 0 Å². The highest BCUT2D eigenvalue weighted by molar-refractivity contribution is 14.0. The van der Waals surface area contributed by atoms with Crippen molar-refractivity contribution in [1.82, 2.24) is 15.5 Å². The third-order valence-electron chi connectivity index (χ3n) is 5.41. The maximum Gasteiger partial charge on any atom is 0.191 e. The SMILES string of the molecule is CN=C(NCc1cccc(CN2CCOC(C)C2)c1)NCC(CO)c1ccccc1.I. The van der Waals surface area contributed by atoms with Crippen molar-refractivity contribution in [3.05, 3.63) is 71.3 Å². The van der Waals surface area contributed by atoms with E-state index in [1.165, 1.54) is 11.1 Å². The van der Waals surface area contributed by atoms with E-state index in [0.29, 0.717) is 19.2 Å². The van der Waals surface area contributed by atoms with Crippen LogP contribution < -0.4 is 10.6 Å². The van der Waals surface area contributed by atoms with Gasteiger partial charge in [0.25, 0.3) is 0 Å². The van der Waals surface area contributed by atoms with Crippen LogP contribution in [0.5, 0.6) is 0 Å². The van der Waals surface area contributed by atoms with Crippen LogP contribution in [0.3, 0.4) is 0 Å². The van der Waals surface area contributed by atoms with E-state index in [-0.39, 0.29) is 36.5 Å². The molecule has 2 aromatic carbocycles. The largest absolute Gasteiger partial charge is 0.396 e. The Balaban J connectivity index is 0.00000341. The van der Waals surface area contributed by atoms with Crippen molar-refractivity contribution in [2.45, 2.75) is 32.0 Å². The molecule has 6 nitrogen and oxygen atoms in total. The van der Waals surface area contributed by atoms with Crippen LogP contribution in [-0.2, 0) is 17.8 Å². The van der Waals surface area contributed by atoms with Crippen molar-refractivity contribution >= 4 is 29.9 Å². The lowest BCUT2D eigenvalue weighted by molar-refractivity contribution is -0.0212. The van der Waals surface area contributed by atoms with E-state index in [2.05, 4.69) is 51.7 Å². The van der Waals surface area contributed by atoms with E-state index < -0.39 is 0 Å². The predicted molar refractivity (Wildman–Crippen MR) is 137 cm³/mol. The molecule has 1 aliphatic heterocycles. The van der Waals surface area contributed by atoms with Crippen molar-refractivity contribution in [2.24, 2.45) is 4.99 Å². The fourth-order valence-electron chi connectivity index (χ4n) is 3.77. The Labute approximate surface area is 203 Å². The smallest absolute Gasteiger partial charge is 0.191 e. The molecule has 1 saturated heterocycles. The molecule has 170 valence electrons. The molecule has 31 heavy (non-hydrogen) atoms. The lowest BCUT2D eigenvalue weighted by Gasteiger charge is -2.31. The molecule has 0 radical (unpaired) electrons. The molecule has 0 bridgehead atoms. The van der Waals surface area contributed by atoms with Gasteiger partial charge in [-0.2, -0.15) is 0 Å². The summed E-state index contributed by atoms with van der Waals surface area (Å²) in [6.07, 6.45) is 0.302. The lowest BCUT2D eigenvalue weighted by Crippen LogP contribution is -2.40. The summed E-state index contributed by atoms with van der Waals surface area (Å²) in [7, 11) is 1.77. The summed E-state index contributed by atoms with van der Waals surface area (Å²) in [5.41, 5.74) is 3.65. The van der Waals surface area contributed by atoms with Crippen LogP contribution in [0.15, 0.2) is 59.6 Å². The molecule has 0 aromatic heterocycles. The zero-order valence-electron chi connectivity index (χ0n) is 18.5. The van der Waals surface area contributed by atoms with Crippen molar-refractivity contribution in [3.8, 4) is 0 Å². The van der Waals surface area contributed by atoms with E-state index in [1.54, 1.807) is 7.05 Å². The second-order valence-electron chi connectivity index (χ2n) is 7.83. The summed E-state index contributed by atoms with van der Waals surface area (Å²) >= 11 is 0. The number of hydrogen-bond donors (Lipinski definition) is 3. The Hall–Kier alpha value is -1.68. The quantitative estimate of drug-likeness (QED) is 0.274. The van der Waals surface area contributed by atoms with Crippen molar-refractivity contribution in [1.29, 1.82) is 0 Å². The Morgan fingerprint density at radius 1 is 1.16 bits per heavy atom. The molecule has 0 amide bonds. The number of hydrogen-bond acceptors (Lipinski definition) is 4. The van der Waals surface area contributed by atoms with E-state index in [1.807, 2.05) is 30.3 Å². The maximum absolute atomic E-state index is 9.74. The van der Waals surface area contributed by atoms with Gasteiger partial charge in [-0.3, -0.25) is 9.89 Å². The maximum atomic E-state index is 9.74. The highest BCUT2D eigenvalue weighted by atomic mass is 127. The number of guanidine groups is 1. The number of aliphatic imine (C=N–C) groups is 1. The van der Waals surface area contributed by atoms with Gasteiger partial charge in [0.1, 0.15) is 0 Å². The number of aliphatic hydroxyl groups is 1. The summed E-state index contributed by atoms with van der Waals surface area (Å²) in [5.74, 6) is 0.765. The first-order valence-electron chi connectivity index (χ1n) is 10.7. The van der Waals surface area contributed by atoms with Crippen LogP contribution in [0.25, 0.3) is 0 Å². The average Bonchev–Trinajstić information content (AvgIpc) is 2.77. The second-order valence-corrected chi connectivity index (χ2v) is 7.83. The second kappa shape index (κ2) is 13.7. The molecule has 2 aromatic rings. The summed E-state index contributed by atoms with van der Waals surface area (Å²) in [4.78, 5) is 6.76. The fourth-order valence-corrected chi connectivity index (χ4v) is 3.77. The molecule has 1 fully saturated rings. The predicted octanol–water partition coefficient (Wildman–Crippen LogP) is 2.97. The Kier molecular flexibility index (Phi) is 11.3. The molecular formula is C24H35IN4O2. The number of ether oxygens (including phenoxy) is 1. The van der Waals surface area contributed by atoms with Crippen LogP contribution in [-0.4, -0.2) is 62.0 Å². The van der Waals surface area contributed by atoms with Crippen LogP contribution >= 0.6 is 24.0 Å². The van der Waals surface area contributed by atoms with Gasteiger partial charge in [-0.1, -0.05) is 54.6 Å². The number of halogens is 1. The first kappa shape index (κ1) is 25.6. The third-order valence-corrected chi connectivity index (χ3v) is 5.41. The number of aliphatic hydroxyl groups excluding tert-OH is 1. The van der Waals surface area contributed by atoms with E-state index >= 15 is 0 Å². The van der Waals surface area contributed by atoms with E-state index in [9.17, 15) is 5.11 Å². The van der Waals surface area contributed by atoms with Gasteiger partial charge in [-0.05, 0) is 23.6 Å². The van der Waals surface area contributed by atoms with Gasteiger partial charge in [0.05, 0.1) is 19.3 Å². The summed E-state index contributed by atoms with van der Waals surface area (Å²) in [6.45, 7) is 7.26. The molecule has 1 heterocycles. The van der Waals surface area contributed by atoms with E-state index in [4.69, 9.17) is 4.74 Å². The Bertz CT molecular complexity index is 803. The third kappa shape index (κ3) is 8.40. The molecule has 7 heteroatoms. The molecule has 3 rings (SSSR count). The van der Waals surface area contributed by atoms with Gasteiger partial charge in [0, 0.05) is 45.7 Å². The monoisotopic (exact) mass is 538 g/mol. The number of rotatable bonds is 8. The Morgan fingerprint density at radius 2 is 1.94 bits per heavy atom. The summed E-state index contributed by atoms with van der Waals surface area (Å²) < 4.78 is 5.64. The number of benzene rings is 2. The van der Waals surface area contributed by atoms with E-state index in [0.717, 1.165) is 37.8 Å². The van der Waals surface area contributed by atoms with Gasteiger partial charge >= 0.3 is 0 Å². The topological polar surface area (TPSA) is 69.1 Å². The zero-order chi connectivity index (χ0) is 21.2. The van der Waals surface area contributed by atoms with Crippen molar-refractivity contribution in [3.63, 3.8) is 0 Å². The Morgan fingerprint density at radius 3 is 2.65 bits per heavy atom. The molecular weight excluding hydrogens is 503 g/mol. The number of nitrogens with zero attached hydrogens (tertiary/aromatic N) is 2. The van der Waals surface area contributed by atoms with Crippen molar-refractivity contribution < 1.29 is 9.84 Å². The molecule has 2 unspecified atom stereocenters. The molecule has 0 spiro atoms. The average molecular weight is 538 g/mol. The van der Waals surface area contributed by atoms with Gasteiger partial charge in [-0.15, -0.1) is 24.0 Å². The summed E-state index contributed by atoms with van der Waals surface area (Å²) in [6, 6.07) is 18.7. The molecule has 0 aliphatic carbocycles. The molecule has 1 aliphatic rings. The standard InChI is InChI=1S/C24H34N4O2.HI/c1-19-16-28(11-12-30-19)17-21-8-6-7-20(13-21)14-26-24(25-2)27-15-23(18-29)22-9-4-3-5-10-22;/h3-10,13,19,23,29H,11-12,14-18H2,1-2H3,(H2,25,26,27);1H. The molecule has 3 N–H and O–H groups in total. The lowest BCUT2D eigenvalue weighted by atomic mass is 10.0. The first-order valence-corrected chi connectivity index (χ1v) is 10.7. The summed E-state index contributed by atoms with van der Waals surface area (Å²) in [5, 5.41) is 16.5. The normalized spacial score (nSPS) is 18.2. The van der Waals surface area contributed by atoms with Crippen molar-refractivity contribution in [2.75, 3.05) is 39.9 Å². The zero-order valence-corrected chi connectivity index (χ0v) is 20.8. The van der Waals surface area contributed by atoms with Gasteiger partial charge in [0.2, 0.25) is 0 Å². The number of nitrogens with one attached hydrogen (secondary N) is 2. The van der Waals surface area contributed by atoms with Crippen LogP contribution in [0, 0.1) is 0 Å². The minimum atomic E-state index is 0. The highest BCUT2D eigenvalue weighted by Crippen LogP contribution is 2.14. The minimum Gasteiger partial charge on any atom is -0.396 e.